The molecule has 0 radical (unpaired) electrons. The maximum absolute atomic E-state index is 10.6. The molecule has 0 saturated carbocycles. The quantitative estimate of drug-likeness (QED) is 0.529. The first-order valence-electron chi connectivity index (χ1n) is 5.71. The summed E-state index contributed by atoms with van der Waals surface area (Å²) in [6, 6.07) is 15.4. The monoisotopic (exact) mass is 321 g/mol. The minimum absolute atomic E-state index is 0.0155. The summed E-state index contributed by atoms with van der Waals surface area (Å²) in [6.45, 7) is 0. The van der Waals surface area contributed by atoms with Crippen molar-refractivity contribution in [3.05, 3.63) is 75.8 Å². The number of halogens is 1. The van der Waals surface area contributed by atoms with Crippen LogP contribution in [-0.2, 0) is 0 Å². The number of benzene rings is 2. The highest BCUT2D eigenvalue weighted by molar-refractivity contribution is 9.09. The standard InChI is InChI=1S/C14H12BrNO3/c15-13(10-4-2-1-3-5-10)14(17)11-6-8-12(9-7-11)16(18)19/h1-9,13-14,17H/t13-,14-/m1/s1. The molecular weight excluding hydrogens is 310 g/mol. The second-order valence-corrected chi connectivity index (χ2v) is 5.09. The van der Waals surface area contributed by atoms with Gasteiger partial charge in [0.15, 0.2) is 0 Å². The molecular formula is C14H12BrNO3. The van der Waals surface area contributed by atoms with Gasteiger partial charge < -0.3 is 5.11 Å². The number of aliphatic hydroxyl groups excluding tert-OH is 1. The smallest absolute Gasteiger partial charge is 0.269 e. The largest absolute Gasteiger partial charge is 0.387 e. The van der Waals surface area contributed by atoms with Crippen LogP contribution in [0.5, 0.6) is 0 Å². The van der Waals surface area contributed by atoms with Gasteiger partial charge in [-0.2, -0.15) is 0 Å². The molecule has 2 aromatic rings. The average Bonchev–Trinajstić information content (AvgIpc) is 2.46. The molecule has 1 N–H and O–H groups in total. The highest BCUT2D eigenvalue weighted by atomic mass is 79.9. The van der Waals surface area contributed by atoms with Crippen molar-refractivity contribution in [2.24, 2.45) is 0 Å². The van der Waals surface area contributed by atoms with Crippen LogP contribution in [0.3, 0.4) is 0 Å². The van der Waals surface area contributed by atoms with Crippen LogP contribution in [0.15, 0.2) is 54.6 Å². The van der Waals surface area contributed by atoms with Gasteiger partial charge in [-0.25, -0.2) is 0 Å². The summed E-state index contributed by atoms with van der Waals surface area (Å²) in [5, 5.41) is 20.8. The molecule has 0 aliphatic carbocycles. The summed E-state index contributed by atoms with van der Waals surface area (Å²) < 4.78 is 0. The first-order valence-corrected chi connectivity index (χ1v) is 6.62. The predicted octanol–water partition coefficient (Wildman–Crippen LogP) is 3.76. The lowest BCUT2D eigenvalue weighted by molar-refractivity contribution is -0.384. The van der Waals surface area contributed by atoms with Crippen molar-refractivity contribution in [3.8, 4) is 0 Å². The summed E-state index contributed by atoms with van der Waals surface area (Å²) in [5.74, 6) is 0. The zero-order valence-corrected chi connectivity index (χ0v) is 11.5. The molecule has 5 heteroatoms. The van der Waals surface area contributed by atoms with Crippen molar-refractivity contribution >= 4 is 21.6 Å². The molecule has 0 unspecified atom stereocenters. The fourth-order valence-corrected chi connectivity index (χ4v) is 2.39. The molecule has 0 spiro atoms. The van der Waals surface area contributed by atoms with E-state index in [0.717, 1.165) is 5.56 Å². The van der Waals surface area contributed by atoms with Crippen LogP contribution in [0, 0.1) is 10.1 Å². The topological polar surface area (TPSA) is 63.4 Å². The first-order chi connectivity index (χ1) is 9.09. The fraction of sp³-hybridized carbons (Fsp3) is 0.143. The Bertz CT molecular complexity index is 557. The van der Waals surface area contributed by atoms with Crippen molar-refractivity contribution in [2.75, 3.05) is 0 Å². The first kappa shape index (κ1) is 13.7. The summed E-state index contributed by atoms with van der Waals surface area (Å²) in [4.78, 5) is 9.86. The molecule has 2 rings (SSSR count). The van der Waals surface area contributed by atoms with Crippen LogP contribution < -0.4 is 0 Å². The molecule has 0 saturated heterocycles. The minimum Gasteiger partial charge on any atom is -0.387 e. The Morgan fingerprint density at radius 2 is 1.58 bits per heavy atom. The maximum atomic E-state index is 10.6. The van der Waals surface area contributed by atoms with E-state index in [1.807, 2.05) is 30.3 Å². The summed E-state index contributed by atoms with van der Waals surface area (Å²) in [5.41, 5.74) is 1.60. The van der Waals surface area contributed by atoms with E-state index < -0.39 is 11.0 Å². The Balaban J connectivity index is 2.19. The minimum atomic E-state index is -0.761. The lowest BCUT2D eigenvalue weighted by atomic mass is 10.0. The molecule has 0 amide bonds. The van der Waals surface area contributed by atoms with Crippen molar-refractivity contribution in [3.63, 3.8) is 0 Å². The van der Waals surface area contributed by atoms with Crippen LogP contribution in [0.25, 0.3) is 0 Å². The highest BCUT2D eigenvalue weighted by Gasteiger charge is 2.20. The summed E-state index contributed by atoms with van der Waals surface area (Å²) in [6.07, 6.45) is -0.761. The van der Waals surface area contributed by atoms with E-state index in [2.05, 4.69) is 15.9 Å². The Morgan fingerprint density at radius 3 is 2.11 bits per heavy atom. The van der Waals surface area contributed by atoms with E-state index in [4.69, 9.17) is 0 Å². The highest BCUT2D eigenvalue weighted by Crippen LogP contribution is 2.36. The number of hydrogen-bond donors (Lipinski definition) is 1. The van der Waals surface area contributed by atoms with E-state index in [1.54, 1.807) is 12.1 Å². The molecule has 19 heavy (non-hydrogen) atoms. The van der Waals surface area contributed by atoms with E-state index in [9.17, 15) is 15.2 Å². The predicted molar refractivity (Wildman–Crippen MR) is 76.2 cm³/mol. The number of non-ortho nitro benzene ring substituents is 1. The number of aliphatic hydroxyl groups is 1. The normalized spacial score (nSPS) is 13.8. The van der Waals surface area contributed by atoms with Gasteiger partial charge in [0.05, 0.1) is 15.9 Å². The van der Waals surface area contributed by atoms with Crippen LogP contribution in [0.2, 0.25) is 0 Å². The maximum Gasteiger partial charge on any atom is 0.269 e. The molecule has 0 aromatic heterocycles. The number of rotatable bonds is 4. The zero-order chi connectivity index (χ0) is 13.8. The number of hydrogen-bond acceptors (Lipinski definition) is 3. The van der Waals surface area contributed by atoms with E-state index in [-0.39, 0.29) is 10.5 Å². The Kier molecular flexibility index (Phi) is 4.29. The van der Waals surface area contributed by atoms with Crippen LogP contribution >= 0.6 is 15.9 Å². The fourth-order valence-electron chi connectivity index (χ4n) is 1.78. The van der Waals surface area contributed by atoms with Gasteiger partial charge in [0.1, 0.15) is 0 Å². The van der Waals surface area contributed by atoms with Crippen LogP contribution in [0.1, 0.15) is 22.1 Å². The molecule has 2 atom stereocenters. The number of nitro benzene ring substituents is 1. The number of alkyl halides is 1. The molecule has 0 heterocycles. The SMILES string of the molecule is O=[N+]([O-])c1ccc([C@@H](O)[C@H](Br)c2ccccc2)cc1. The van der Waals surface area contributed by atoms with E-state index in [1.165, 1.54) is 12.1 Å². The van der Waals surface area contributed by atoms with Crippen LogP contribution in [0.4, 0.5) is 5.69 Å². The Labute approximate surface area is 119 Å². The third-order valence-corrected chi connectivity index (χ3v) is 3.87. The molecule has 0 aliphatic heterocycles. The molecule has 98 valence electrons. The van der Waals surface area contributed by atoms with Crippen molar-refractivity contribution in [1.82, 2.24) is 0 Å². The second-order valence-electron chi connectivity index (χ2n) is 4.11. The summed E-state index contributed by atoms with van der Waals surface area (Å²) in [7, 11) is 0. The molecule has 2 aromatic carbocycles. The number of nitrogens with zero attached hydrogens (tertiary/aromatic N) is 1. The van der Waals surface area contributed by atoms with E-state index >= 15 is 0 Å². The second kappa shape index (κ2) is 5.95. The van der Waals surface area contributed by atoms with Gasteiger partial charge in [-0.3, -0.25) is 10.1 Å². The third kappa shape index (κ3) is 3.19. The Hall–Kier alpha value is -1.72. The van der Waals surface area contributed by atoms with E-state index in [0.29, 0.717) is 5.56 Å². The van der Waals surface area contributed by atoms with Gasteiger partial charge in [-0.05, 0) is 23.3 Å². The van der Waals surface area contributed by atoms with Gasteiger partial charge in [-0.1, -0.05) is 46.3 Å². The van der Waals surface area contributed by atoms with Gasteiger partial charge >= 0.3 is 0 Å². The summed E-state index contributed by atoms with van der Waals surface area (Å²) >= 11 is 3.45. The third-order valence-electron chi connectivity index (χ3n) is 2.84. The van der Waals surface area contributed by atoms with Gasteiger partial charge in [-0.15, -0.1) is 0 Å². The lowest BCUT2D eigenvalue weighted by Crippen LogP contribution is -2.05. The van der Waals surface area contributed by atoms with Gasteiger partial charge in [0.25, 0.3) is 5.69 Å². The van der Waals surface area contributed by atoms with Crippen molar-refractivity contribution in [2.45, 2.75) is 10.9 Å². The average molecular weight is 322 g/mol. The Morgan fingerprint density at radius 1 is 1.00 bits per heavy atom. The van der Waals surface area contributed by atoms with Gasteiger partial charge in [0.2, 0.25) is 0 Å². The van der Waals surface area contributed by atoms with Crippen molar-refractivity contribution < 1.29 is 10.0 Å². The molecule has 0 bridgehead atoms. The molecule has 0 aliphatic rings. The van der Waals surface area contributed by atoms with Crippen molar-refractivity contribution in [1.29, 1.82) is 0 Å². The van der Waals surface area contributed by atoms with Crippen LogP contribution in [-0.4, -0.2) is 10.0 Å². The number of nitro groups is 1. The van der Waals surface area contributed by atoms with Gasteiger partial charge in [0, 0.05) is 12.1 Å². The molecule has 0 fully saturated rings. The molecule has 4 nitrogen and oxygen atoms in total. The zero-order valence-electron chi connectivity index (χ0n) is 9.94. The lowest BCUT2D eigenvalue weighted by Gasteiger charge is -2.17.